The van der Waals surface area contributed by atoms with Gasteiger partial charge < -0.3 is 14.8 Å². The van der Waals surface area contributed by atoms with Gasteiger partial charge in [0, 0.05) is 18.3 Å². The Labute approximate surface area is 146 Å². The number of rotatable bonds is 11. The van der Waals surface area contributed by atoms with Crippen LogP contribution in [-0.2, 0) is 6.42 Å². The molecule has 0 saturated heterocycles. The van der Waals surface area contributed by atoms with E-state index < -0.39 is 0 Å². The third-order valence-corrected chi connectivity index (χ3v) is 3.68. The number of aryl methyl sites for hydroxylation is 1. The van der Waals surface area contributed by atoms with Crippen LogP contribution in [0.15, 0.2) is 48.5 Å². The molecule has 3 heteroatoms. The van der Waals surface area contributed by atoms with E-state index in [2.05, 4.69) is 55.6 Å². The minimum absolute atomic E-state index is 0.708. The Morgan fingerprint density at radius 3 is 2.25 bits per heavy atom. The van der Waals surface area contributed by atoms with E-state index in [1.54, 1.807) is 0 Å². The largest absolute Gasteiger partial charge is 0.490 e. The number of ether oxygens (including phenoxy) is 2. The van der Waals surface area contributed by atoms with E-state index in [0.717, 1.165) is 49.4 Å². The Kier molecular flexibility index (Phi) is 8.02. The summed E-state index contributed by atoms with van der Waals surface area (Å²) in [5, 5.41) is 3.48. The fourth-order valence-corrected chi connectivity index (χ4v) is 2.44. The first-order valence-electron chi connectivity index (χ1n) is 9.01. The number of hydrogen-bond acceptors (Lipinski definition) is 3. The summed E-state index contributed by atoms with van der Waals surface area (Å²) < 4.78 is 11.6. The summed E-state index contributed by atoms with van der Waals surface area (Å²) in [7, 11) is 0. The molecule has 0 bridgehead atoms. The van der Waals surface area contributed by atoms with E-state index in [1.165, 1.54) is 5.56 Å². The molecule has 24 heavy (non-hydrogen) atoms. The van der Waals surface area contributed by atoms with Crippen LogP contribution in [0.2, 0.25) is 0 Å². The summed E-state index contributed by atoms with van der Waals surface area (Å²) in [6.45, 7) is 6.58. The Balaban J connectivity index is 1.87. The lowest BCUT2D eigenvalue weighted by Gasteiger charge is -2.14. The van der Waals surface area contributed by atoms with Crippen molar-refractivity contribution in [2.24, 2.45) is 0 Å². The molecule has 0 aromatic heterocycles. The third-order valence-electron chi connectivity index (χ3n) is 3.68. The second kappa shape index (κ2) is 10.6. The van der Waals surface area contributed by atoms with Crippen molar-refractivity contribution in [3.63, 3.8) is 0 Å². The number of nitrogens with one attached hydrogen (secondary N) is 1. The van der Waals surface area contributed by atoms with Crippen LogP contribution in [0.3, 0.4) is 0 Å². The predicted molar refractivity (Wildman–Crippen MR) is 101 cm³/mol. The molecule has 2 aromatic rings. The van der Waals surface area contributed by atoms with Crippen LogP contribution in [0.4, 0.5) is 5.69 Å². The molecule has 0 atom stereocenters. The molecule has 0 aliphatic heterocycles. The zero-order chi connectivity index (χ0) is 17.0. The van der Waals surface area contributed by atoms with Crippen molar-refractivity contribution in [1.29, 1.82) is 0 Å². The average Bonchev–Trinajstić information content (AvgIpc) is 2.63. The maximum Gasteiger partial charge on any atom is 0.163 e. The maximum absolute atomic E-state index is 5.83. The van der Waals surface area contributed by atoms with Gasteiger partial charge in [-0.25, -0.2) is 0 Å². The minimum Gasteiger partial charge on any atom is -0.490 e. The van der Waals surface area contributed by atoms with Crippen molar-refractivity contribution >= 4 is 5.69 Å². The van der Waals surface area contributed by atoms with Crippen LogP contribution in [0.5, 0.6) is 11.5 Å². The molecular weight excluding hydrogens is 298 g/mol. The molecule has 0 unspecified atom stereocenters. The summed E-state index contributed by atoms with van der Waals surface area (Å²) in [6.07, 6.45) is 4.17. The first kappa shape index (κ1) is 18.2. The maximum atomic E-state index is 5.83. The number of benzene rings is 2. The summed E-state index contributed by atoms with van der Waals surface area (Å²) in [5.41, 5.74) is 2.47. The van der Waals surface area contributed by atoms with Crippen LogP contribution in [0.25, 0.3) is 0 Å². The Bertz CT molecular complexity index is 584. The second-order valence-corrected chi connectivity index (χ2v) is 5.87. The van der Waals surface area contributed by atoms with Gasteiger partial charge in [0.1, 0.15) is 0 Å². The van der Waals surface area contributed by atoms with Crippen LogP contribution in [-0.4, -0.2) is 19.8 Å². The molecule has 0 spiro atoms. The molecule has 0 amide bonds. The normalized spacial score (nSPS) is 10.4. The Hall–Kier alpha value is -2.16. The topological polar surface area (TPSA) is 30.5 Å². The first-order chi connectivity index (χ1) is 11.8. The van der Waals surface area contributed by atoms with E-state index in [4.69, 9.17) is 9.47 Å². The molecule has 2 aromatic carbocycles. The molecule has 2 rings (SSSR count). The van der Waals surface area contributed by atoms with Gasteiger partial charge >= 0.3 is 0 Å². The van der Waals surface area contributed by atoms with Crippen LogP contribution in [0.1, 0.15) is 38.7 Å². The lowest BCUT2D eigenvalue weighted by Crippen LogP contribution is -2.05. The average molecular weight is 327 g/mol. The Morgan fingerprint density at radius 1 is 0.833 bits per heavy atom. The van der Waals surface area contributed by atoms with Crippen LogP contribution in [0, 0.1) is 0 Å². The van der Waals surface area contributed by atoms with E-state index >= 15 is 0 Å². The van der Waals surface area contributed by atoms with Gasteiger partial charge in [-0.15, -0.1) is 0 Å². The highest BCUT2D eigenvalue weighted by atomic mass is 16.5. The standard InChI is InChI=1S/C21H29NO2/c1-3-15-23-20-13-12-19(17-21(20)24-16-4-2)22-14-8-11-18-9-6-5-7-10-18/h5-7,9-10,12-13,17,22H,3-4,8,11,14-16H2,1-2H3. The van der Waals surface area contributed by atoms with E-state index in [0.29, 0.717) is 13.2 Å². The zero-order valence-corrected chi connectivity index (χ0v) is 14.9. The van der Waals surface area contributed by atoms with Crippen LogP contribution >= 0.6 is 0 Å². The molecule has 130 valence electrons. The van der Waals surface area contributed by atoms with Gasteiger partial charge in [0.15, 0.2) is 11.5 Å². The lowest BCUT2D eigenvalue weighted by atomic mass is 10.1. The van der Waals surface area contributed by atoms with Gasteiger partial charge in [-0.05, 0) is 43.4 Å². The van der Waals surface area contributed by atoms with Gasteiger partial charge in [-0.2, -0.15) is 0 Å². The SMILES string of the molecule is CCCOc1ccc(NCCCc2ccccc2)cc1OCCC. The van der Waals surface area contributed by atoms with Gasteiger partial charge in [0.2, 0.25) is 0 Å². The zero-order valence-electron chi connectivity index (χ0n) is 14.9. The lowest BCUT2D eigenvalue weighted by molar-refractivity contribution is 0.268. The van der Waals surface area contributed by atoms with Crippen molar-refractivity contribution in [1.82, 2.24) is 0 Å². The number of anilines is 1. The summed E-state index contributed by atoms with van der Waals surface area (Å²) >= 11 is 0. The van der Waals surface area contributed by atoms with E-state index in [1.807, 2.05) is 12.1 Å². The molecule has 0 fully saturated rings. The predicted octanol–water partition coefficient (Wildman–Crippen LogP) is 5.31. The van der Waals surface area contributed by atoms with Crippen molar-refractivity contribution in [2.75, 3.05) is 25.1 Å². The second-order valence-electron chi connectivity index (χ2n) is 5.87. The van der Waals surface area contributed by atoms with E-state index in [9.17, 15) is 0 Å². The Morgan fingerprint density at radius 2 is 1.54 bits per heavy atom. The highest BCUT2D eigenvalue weighted by molar-refractivity contribution is 5.54. The smallest absolute Gasteiger partial charge is 0.163 e. The van der Waals surface area contributed by atoms with Gasteiger partial charge in [-0.3, -0.25) is 0 Å². The monoisotopic (exact) mass is 327 g/mol. The van der Waals surface area contributed by atoms with Crippen molar-refractivity contribution < 1.29 is 9.47 Å². The molecule has 0 heterocycles. The van der Waals surface area contributed by atoms with Crippen LogP contribution < -0.4 is 14.8 Å². The quantitative estimate of drug-likeness (QED) is 0.567. The van der Waals surface area contributed by atoms with E-state index in [-0.39, 0.29) is 0 Å². The first-order valence-corrected chi connectivity index (χ1v) is 9.01. The van der Waals surface area contributed by atoms with Crippen molar-refractivity contribution in [3.05, 3.63) is 54.1 Å². The highest BCUT2D eigenvalue weighted by Crippen LogP contribution is 2.31. The van der Waals surface area contributed by atoms with Crippen molar-refractivity contribution in [3.8, 4) is 11.5 Å². The molecule has 3 nitrogen and oxygen atoms in total. The fraction of sp³-hybridized carbons (Fsp3) is 0.429. The summed E-state index contributed by atoms with van der Waals surface area (Å²) in [4.78, 5) is 0. The summed E-state index contributed by atoms with van der Waals surface area (Å²) in [6, 6.07) is 16.7. The molecule has 1 N–H and O–H groups in total. The minimum atomic E-state index is 0.708. The molecule has 0 radical (unpaired) electrons. The van der Waals surface area contributed by atoms with Gasteiger partial charge in [0.25, 0.3) is 0 Å². The van der Waals surface area contributed by atoms with Crippen molar-refractivity contribution in [2.45, 2.75) is 39.5 Å². The molecule has 0 aliphatic rings. The molecule has 0 aliphatic carbocycles. The highest BCUT2D eigenvalue weighted by Gasteiger charge is 2.06. The number of hydrogen-bond donors (Lipinski definition) is 1. The third kappa shape index (κ3) is 6.15. The summed E-state index contributed by atoms with van der Waals surface area (Å²) in [5.74, 6) is 1.67. The molecular formula is C21H29NO2. The van der Waals surface area contributed by atoms with Gasteiger partial charge in [-0.1, -0.05) is 44.2 Å². The molecule has 0 saturated carbocycles. The fourth-order valence-electron chi connectivity index (χ4n) is 2.44. The van der Waals surface area contributed by atoms with Gasteiger partial charge in [0.05, 0.1) is 13.2 Å².